The van der Waals surface area contributed by atoms with E-state index >= 15 is 0 Å². The molecule has 24 heavy (non-hydrogen) atoms. The normalized spacial score (nSPS) is 17.5. The summed E-state index contributed by atoms with van der Waals surface area (Å²) in [4.78, 5) is 17.7. The maximum atomic E-state index is 11.4. The van der Waals surface area contributed by atoms with Crippen molar-refractivity contribution >= 4 is 11.7 Å². The number of hydrogen-bond donors (Lipinski definition) is 1. The van der Waals surface area contributed by atoms with E-state index in [0.717, 1.165) is 35.3 Å². The Balaban J connectivity index is 1.84. The van der Waals surface area contributed by atoms with Gasteiger partial charge in [-0.05, 0) is 43.0 Å². The van der Waals surface area contributed by atoms with Crippen molar-refractivity contribution in [3.8, 4) is 11.1 Å². The van der Waals surface area contributed by atoms with Gasteiger partial charge in [0.25, 0.3) is 0 Å². The Hall–Kier alpha value is -2.82. The Morgan fingerprint density at radius 2 is 2.00 bits per heavy atom. The number of aromatic nitrogens is 2. The summed E-state index contributed by atoms with van der Waals surface area (Å²) >= 11 is 0. The summed E-state index contributed by atoms with van der Waals surface area (Å²) in [6.45, 7) is 2.67. The van der Waals surface area contributed by atoms with Gasteiger partial charge in [0, 0.05) is 24.5 Å². The van der Waals surface area contributed by atoms with Gasteiger partial charge in [-0.3, -0.25) is 4.90 Å². The molecule has 1 atom stereocenters. The molecule has 122 valence electrons. The van der Waals surface area contributed by atoms with Crippen LogP contribution in [0.25, 0.3) is 16.8 Å². The highest BCUT2D eigenvalue weighted by atomic mass is 16.4. The highest BCUT2D eigenvalue weighted by Crippen LogP contribution is 2.33. The highest BCUT2D eigenvalue weighted by molar-refractivity contribution is 5.79. The SMILES string of the molecule is Cc1ccccc1-c1cccn2cc(C3CCCN3C(=O)O)nc12. The maximum absolute atomic E-state index is 11.4. The van der Waals surface area contributed by atoms with E-state index in [1.54, 1.807) is 0 Å². The van der Waals surface area contributed by atoms with E-state index in [4.69, 9.17) is 4.98 Å². The molecule has 1 N–H and O–H groups in total. The lowest BCUT2D eigenvalue weighted by Gasteiger charge is -2.19. The molecule has 0 saturated carbocycles. The van der Waals surface area contributed by atoms with Gasteiger partial charge in [0.1, 0.15) is 5.65 Å². The summed E-state index contributed by atoms with van der Waals surface area (Å²) in [5, 5.41) is 9.38. The van der Waals surface area contributed by atoms with E-state index < -0.39 is 6.09 Å². The minimum atomic E-state index is -0.867. The second kappa shape index (κ2) is 5.67. The van der Waals surface area contributed by atoms with Crippen LogP contribution in [0.5, 0.6) is 0 Å². The second-order valence-corrected chi connectivity index (χ2v) is 6.27. The van der Waals surface area contributed by atoms with Gasteiger partial charge < -0.3 is 9.51 Å². The quantitative estimate of drug-likeness (QED) is 0.772. The summed E-state index contributed by atoms with van der Waals surface area (Å²) < 4.78 is 2.00. The molecule has 4 rings (SSSR count). The van der Waals surface area contributed by atoms with Gasteiger partial charge in [-0.25, -0.2) is 9.78 Å². The van der Waals surface area contributed by atoms with Crippen molar-refractivity contribution in [2.45, 2.75) is 25.8 Å². The van der Waals surface area contributed by atoms with Crippen molar-refractivity contribution in [3.63, 3.8) is 0 Å². The average molecular weight is 321 g/mol. The predicted molar refractivity (Wildman–Crippen MR) is 92.1 cm³/mol. The number of carboxylic acid groups (broad SMARTS) is 1. The summed E-state index contributed by atoms with van der Waals surface area (Å²) in [6, 6.07) is 12.2. The van der Waals surface area contributed by atoms with Gasteiger partial charge >= 0.3 is 6.09 Å². The smallest absolute Gasteiger partial charge is 0.407 e. The van der Waals surface area contributed by atoms with Crippen molar-refractivity contribution in [1.82, 2.24) is 14.3 Å². The van der Waals surface area contributed by atoms with Crippen LogP contribution in [0.2, 0.25) is 0 Å². The molecule has 0 bridgehead atoms. The number of carbonyl (C=O) groups is 1. The van der Waals surface area contributed by atoms with Crippen molar-refractivity contribution in [2.24, 2.45) is 0 Å². The average Bonchev–Trinajstić information content (AvgIpc) is 3.21. The number of likely N-dealkylation sites (tertiary alicyclic amines) is 1. The molecule has 0 radical (unpaired) electrons. The molecule has 1 aromatic carbocycles. The molecular weight excluding hydrogens is 302 g/mol. The molecule has 3 heterocycles. The van der Waals surface area contributed by atoms with Crippen molar-refractivity contribution < 1.29 is 9.90 Å². The van der Waals surface area contributed by atoms with Crippen LogP contribution in [0.3, 0.4) is 0 Å². The number of fused-ring (bicyclic) bond motifs is 1. The van der Waals surface area contributed by atoms with Gasteiger partial charge in [-0.2, -0.15) is 0 Å². The third-order valence-corrected chi connectivity index (χ3v) is 4.78. The molecule has 1 fully saturated rings. The maximum Gasteiger partial charge on any atom is 0.407 e. The topological polar surface area (TPSA) is 57.8 Å². The number of amides is 1. The number of rotatable bonds is 2. The Kier molecular flexibility index (Phi) is 3.49. The van der Waals surface area contributed by atoms with Crippen LogP contribution in [0.4, 0.5) is 4.79 Å². The van der Waals surface area contributed by atoms with E-state index in [-0.39, 0.29) is 6.04 Å². The van der Waals surface area contributed by atoms with Gasteiger partial charge in [-0.15, -0.1) is 0 Å². The number of aryl methyl sites for hydroxylation is 1. The molecule has 1 aliphatic rings. The zero-order chi connectivity index (χ0) is 16.7. The van der Waals surface area contributed by atoms with E-state index in [1.807, 2.05) is 35.0 Å². The van der Waals surface area contributed by atoms with Crippen LogP contribution >= 0.6 is 0 Å². The monoisotopic (exact) mass is 321 g/mol. The number of hydrogen-bond acceptors (Lipinski definition) is 2. The molecule has 1 saturated heterocycles. The summed E-state index contributed by atoms with van der Waals surface area (Å²) in [5.41, 5.74) is 5.13. The molecular formula is C19H19N3O2. The van der Waals surface area contributed by atoms with Gasteiger partial charge in [0.15, 0.2) is 0 Å². The summed E-state index contributed by atoms with van der Waals surface area (Å²) in [6.07, 6.45) is 4.77. The van der Waals surface area contributed by atoms with Crippen molar-refractivity contribution in [3.05, 3.63) is 60.0 Å². The molecule has 1 aliphatic heterocycles. The number of imidazole rings is 1. The lowest BCUT2D eigenvalue weighted by atomic mass is 10.0. The minimum Gasteiger partial charge on any atom is -0.465 e. The second-order valence-electron chi connectivity index (χ2n) is 6.27. The third-order valence-electron chi connectivity index (χ3n) is 4.78. The van der Waals surface area contributed by atoms with E-state index in [0.29, 0.717) is 6.54 Å². The molecule has 5 heteroatoms. The van der Waals surface area contributed by atoms with Gasteiger partial charge in [0.05, 0.1) is 11.7 Å². The number of nitrogens with zero attached hydrogens (tertiary/aromatic N) is 3. The number of pyridine rings is 1. The van der Waals surface area contributed by atoms with Crippen LogP contribution in [-0.2, 0) is 0 Å². The third kappa shape index (κ3) is 2.33. The Morgan fingerprint density at radius 1 is 1.21 bits per heavy atom. The van der Waals surface area contributed by atoms with E-state index in [2.05, 4.69) is 25.1 Å². The summed E-state index contributed by atoms with van der Waals surface area (Å²) in [7, 11) is 0. The first-order chi connectivity index (χ1) is 11.6. The van der Waals surface area contributed by atoms with Crippen LogP contribution in [0, 0.1) is 6.92 Å². The van der Waals surface area contributed by atoms with Crippen LogP contribution in [0.15, 0.2) is 48.8 Å². The summed E-state index contributed by atoms with van der Waals surface area (Å²) in [5.74, 6) is 0. The molecule has 1 amide bonds. The first-order valence-corrected chi connectivity index (χ1v) is 8.18. The predicted octanol–water partition coefficient (Wildman–Crippen LogP) is 4.12. The molecule has 5 nitrogen and oxygen atoms in total. The van der Waals surface area contributed by atoms with Crippen LogP contribution < -0.4 is 0 Å². The lowest BCUT2D eigenvalue weighted by molar-refractivity contribution is 0.139. The fraction of sp³-hybridized carbons (Fsp3) is 0.263. The molecule has 2 aromatic heterocycles. The highest BCUT2D eigenvalue weighted by Gasteiger charge is 2.31. The zero-order valence-corrected chi connectivity index (χ0v) is 13.5. The molecule has 1 unspecified atom stereocenters. The van der Waals surface area contributed by atoms with Crippen LogP contribution in [0.1, 0.15) is 30.1 Å². The van der Waals surface area contributed by atoms with Crippen molar-refractivity contribution in [1.29, 1.82) is 0 Å². The molecule has 3 aromatic rings. The largest absolute Gasteiger partial charge is 0.465 e. The number of benzene rings is 1. The fourth-order valence-electron chi connectivity index (χ4n) is 3.58. The minimum absolute atomic E-state index is 0.146. The van der Waals surface area contributed by atoms with Crippen molar-refractivity contribution in [2.75, 3.05) is 6.54 Å². The first-order valence-electron chi connectivity index (χ1n) is 8.18. The van der Waals surface area contributed by atoms with Crippen LogP contribution in [-0.4, -0.2) is 32.0 Å². The Bertz CT molecular complexity index is 916. The lowest BCUT2D eigenvalue weighted by Crippen LogP contribution is -2.28. The molecule has 0 aliphatic carbocycles. The van der Waals surface area contributed by atoms with Gasteiger partial charge in [-0.1, -0.05) is 24.3 Å². The fourth-order valence-corrected chi connectivity index (χ4v) is 3.58. The van der Waals surface area contributed by atoms with Gasteiger partial charge in [0.2, 0.25) is 0 Å². The standard InChI is InChI=1S/C19H19N3O2/c1-13-6-2-3-7-14(13)15-8-4-10-21-12-16(20-18(15)21)17-9-5-11-22(17)19(23)24/h2-4,6-8,10,12,17H,5,9,11H2,1H3,(H,23,24). The molecule has 0 spiro atoms. The van der Waals surface area contributed by atoms with E-state index in [9.17, 15) is 9.90 Å². The van der Waals surface area contributed by atoms with E-state index in [1.165, 1.54) is 10.5 Å². The Morgan fingerprint density at radius 3 is 2.79 bits per heavy atom. The Labute approximate surface area is 140 Å². The zero-order valence-electron chi connectivity index (χ0n) is 13.5. The first kappa shape index (κ1) is 14.8.